The van der Waals surface area contributed by atoms with Crippen LogP contribution in [0.2, 0.25) is 0 Å². The van der Waals surface area contributed by atoms with Gasteiger partial charge in [-0.15, -0.1) is 0 Å². The van der Waals surface area contributed by atoms with Gasteiger partial charge in [-0.1, -0.05) is 0 Å². The molecule has 5 nitrogen and oxygen atoms in total. The number of aromatic hydroxyl groups is 1. The summed E-state index contributed by atoms with van der Waals surface area (Å²) in [7, 11) is 0. The minimum Gasteiger partial charge on any atom is -0.508 e. The molecule has 0 amide bonds. The molecule has 0 aliphatic rings. The number of phenolic OH excluding ortho intramolecular Hbond substituents is 1. The zero-order chi connectivity index (χ0) is 12.4. The fourth-order valence-electron chi connectivity index (χ4n) is 1.46. The first kappa shape index (κ1) is 11.3. The highest BCUT2D eigenvalue weighted by Crippen LogP contribution is 2.25. The predicted octanol–water partition coefficient (Wildman–Crippen LogP) is 2.54. The Balaban J connectivity index is 2.26. The summed E-state index contributed by atoms with van der Waals surface area (Å²) >= 11 is 0. The van der Waals surface area contributed by atoms with Gasteiger partial charge in [-0.3, -0.25) is 4.57 Å². The third-order valence-electron chi connectivity index (χ3n) is 2.32. The topological polar surface area (TPSA) is 73.3 Å². The number of benzene rings is 1. The molecule has 0 spiro atoms. The number of nitrogens with zero attached hydrogens (tertiary/aromatic N) is 2. The van der Waals surface area contributed by atoms with Crippen molar-refractivity contribution in [2.24, 2.45) is 0 Å². The maximum Gasteiger partial charge on any atom is 0.304 e. The highest BCUT2D eigenvalue weighted by atomic mass is 16.5. The van der Waals surface area contributed by atoms with Gasteiger partial charge < -0.3 is 15.6 Å². The van der Waals surface area contributed by atoms with E-state index in [-0.39, 0.29) is 11.8 Å². The monoisotopic (exact) mass is 233 g/mol. The van der Waals surface area contributed by atoms with E-state index >= 15 is 0 Å². The summed E-state index contributed by atoms with van der Waals surface area (Å²) in [5, 5.41) is 9.17. The Labute approximate surface area is 99.5 Å². The molecule has 0 fully saturated rings. The Morgan fingerprint density at radius 3 is 2.53 bits per heavy atom. The van der Waals surface area contributed by atoms with Crippen LogP contribution < -0.4 is 10.5 Å². The lowest BCUT2D eigenvalue weighted by molar-refractivity contribution is 0.394. The molecule has 90 valence electrons. The molecule has 1 heterocycles. The van der Waals surface area contributed by atoms with Crippen molar-refractivity contribution in [1.82, 2.24) is 9.55 Å². The molecule has 0 saturated heterocycles. The lowest BCUT2D eigenvalue weighted by Gasteiger charge is -2.11. The molecule has 0 unspecified atom stereocenters. The molecule has 0 atom stereocenters. The number of nitrogen functional groups attached to an aromatic ring is 1. The van der Waals surface area contributed by atoms with E-state index in [0.29, 0.717) is 17.6 Å². The maximum absolute atomic E-state index is 9.17. The third-order valence-corrected chi connectivity index (χ3v) is 2.32. The Bertz CT molecular complexity index is 503. The molecule has 2 rings (SSSR count). The molecule has 0 aliphatic carbocycles. The van der Waals surface area contributed by atoms with Crippen molar-refractivity contribution in [1.29, 1.82) is 0 Å². The minimum absolute atomic E-state index is 0.198. The zero-order valence-electron chi connectivity index (χ0n) is 9.79. The van der Waals surface area contributed by atoms with Gasteiger partial charge in [0.25, 0.3) is 0 Å². The number of imidazole rings is 1. The number of nitrogens with two attached hydrogens (primary N) is 1. The number of hydrogen-bond donors (Lipinski definition) is 2. The van der Waals surface area contributed by atoms with Gasteiger partial charge >= 0.3 is 6.01 Å². The van der Waals surface area contributed by atoms with E-state index in [1.54, 1.807) is 30.5 Å². The van der Waals surface area contributed by atoms with Crippen LogP contribution in [0.15, 0.2) is 30.5 Å². The SMILES string of the molecule is CC(C)n1cc(N)nc1Oc1ccc(O)cc1. The van der Waals surface area contributed by atoms with Crippen molar-refractivity contribution < 1.29 is 9.84 Å². The van der Waals surface area contributed by atoms with Gasteiger partial charge in [-0.05, 0) is 38.1 Å². The van der Waals surface area contributed by atoms with Crippen LogP contribution >= 0.6 is 0 Å². The molecule has 0 aliphatic heterocycles. The number of hydrogen-bond acceptors (Lipinski definition) is 4. The van der Waals surface area contributed by atoms with Crippen molar-refractivity contribution in [3.63, 3.8) is 0 Å². The molecule has 5 heteroatoms. The average molecular weight is 233 g/mol. The van der Waals surface area contributed by atoms with Gasteiger partial charge in [0.05, 0.1) is 6.20 Å². The van der Waals surface area contributed by atoms with Crippen LogP contribution in [0, 0.1) is 0 Å². The van der Waals surface area contributed by atoms with Crippen LogP contribution in [0.4, 0.5) is 5.82 Å². The number of aromatic nitrogens is 2. The summed E-state index contributed by atoms with van der Waals surface area (Å²) in [6.07, 6.45) is 1.74. The molecule has 0 radical (unpaired) electrons. The van der Waals surface area contributed by atoms with Crippen molar-refractivity contribution in [2.75, 3.05) is 5.73 Å². The van der Waals surface area contributed by atoms with Crippen LogP contribution in [0.1, 0.15) is 19.9 Å². The van der Waals surface area contributed by atoms with Crippen LogP contribution in [-0.4, -0.2) is 14.7 Å². The second-order valence-corrected chi connectivity index (χ2v) is 4.05. The standard InChI is InChI=1S/C12H15N3O2/c1-8(2)15-7-11(13)14-12(15)17-10-5-3-9(16)4-6-10/h3-8,16H,13H2,1-2H3. The van der Waals surface area contributed by atoms with Crippen LogP contribution in [0.5, 0.6) is 17.5 Å². The smallest absolute Gasteiger partial charge is 0.304 e. The molecule has 0 bridgehead atoms. The van der Waals surface area contributed by atoms with Crippen LogP contribution in [0.3, 0.4) is 0 Å². The molecular weight excluding hydrogens is 218 g/mol. The van der Waals surface area contributed by atoms with E-state index in [0.717, 1.165) is 0 Å². The number of phenols is 1. The number of anilines is 1. The summed E-state index contributed by atoms with van der Waals surface area (Å²) in [6, 6.07) is 7.12. The van der Waals surface area contributed by atoms with E-state index in [9.17, 15) is 5.11 Å². The summed E-state index contributed by atoms with van der Waals surface area (Å²) in [5.74, 6) is 1.23. The van der Waals surface area contributed by atoms with Gasteiger partial charge in [0.1, 0.15) is 17.3 Å². The highest BCUT2D eigenvalue weighted by molar-refractivity contribution is 5.34. The molecule has 2 aromatic rings. The summed E-state index contributed by atoms with van der Waals surface area (Å²) in [6.45, 7) is 4.04. The van der Waals surface area contributed by atoms with Gasteiger partial charge in [0.2, 0.25) is 0 Å². The van der Waals surface area contributed by atoms with E-state index < -0.39 is 0 Å². The number of ether oxygens (including phenoxy) is 1. The van der Waals surface area contributed by atoms with Crippen LogP contribution in [0.25, 0.3) is 0 Å². The second-order valence-electron chi connectivity index (χ2n) is 4.05. The summed E-state index contributed by atoms with van der Waals surface area (Å²) in [5.41, 5.74) is 5.64. The zero-order valence-corrected chi connectivity index (χ0v) is 9.79. The van der Waals surface area contributed by atoms with Crippen molar-refractivity contribution in [2.45, 2.75) is 19.9 Å². The Hall–Kier alpha value is -2.17. The Morgan fingerprint density at radius 2 is 1.94 bits per heavy atom. The van der Waals surface area contributed by atoms with Crippen molar-refractivity contribution >= 4 is 5.82 Å². The molecule has 1 aromatic carbocycles. The third kappa shape index (κ3) is 2.50. The Kier molecular flexibility index (Phi) is 2.91. The molecule has 0 saturated carbocycles. The fourth-order valence-corrected chi connectivity index (χ4v) is 1.46. The van der Waals surface area contributed by atoms with Gasteiger partial charge in [-0.2, -0.15) is 4.98 Å². The van der Waals surface area contributed by atoms with Crippen molar-refractivity contribution in [3.05, 3.63) is 30.5 Å². The summed E-state index contributed by atoms with van der Waals surface area (Å²) < 4.78 is 7.46. The van der Waals surface area contributed by atoms with Crippen LogP contribution in [-0.2, 0) is 0 Å². The normalized spacial score (nSPS) is 10.8. The number of rotatable bonds is 3. The van der Waals surface area contributed by atoms with E-state index in [4.69, 9.17) is 10.5 Å². The Morgan fingerprint density at radius 1 is 1.29 bits per heavy atom. The highest BCUT2D eigenvalue weighted by Gasteiger charge is 2.11. The summed E-state index contributed by atoms with van der Waals surface area (Å²) in [4.78, 5) is 4.11. The van der Waals surface area contributed by atoms with Gasteiger partial charge in [-0.25, -0.2) is 0 Å². The van der Waals surface area contributed by atoms with Crippen molar-refractivity contribution in [3.8, 4) is 17.5 Å². The molecular formula is C12H15N3O2. The van der Waals surface area contributed by atoms with E-state index in [1.165, 1.54) is 0 Å². The second kappa shape index (κ2) is 4.37. The quantitative estimate of drug-likeness (QED) is 0.854. The van der Waals surface area contributed by atoms with Gasteiger partial charge in [0, 0.05) is 6.04 Å². The maximum atomic E-state index is 9.17. The first-order chi connectivity index (χ1) is 8.06. The largest absolute Gasteiger partial charge is 0.508 e. The first-order valence-corrected chi connectivity index (χ1v) is 5.37. The average Bonchev–Trinajstić information content (AvgIpc) is 2.63. The van der Waals surface area contributed by atoms with Gasteiger partial charge in [0.15, 0.2) is 0 Å². The predicted molar refractivity (Wildman–Crippen MR) is 65.2 cm³/mol. The molecule has 3 N–H and O–H groups in total. The van der Waals surface area contributed by atoms with E-state index in [1.807, 2.05) is 18.4 Å². The fraction of sp³-hybridized carbons (Fsp3) is 0.250. The lowest BCUT2D eigenvalue weighted by Crippen LogP contribution is -2.01. The molecule has 1 aromatic heterocycles. The first-order valence-electron chi connectivity index (χ1n) is 5.37. The van der Waals surface area contributed by atoms with E-state index in [2.05, 4.69) is 4.98 Å². The lowest BCUT2D eigenvalue weighted by atomic mass is 10.3. The molecule has 17 heavy (non-hydrogen) atoms. The minimum atomic E-state index is 0.198.